The van der Waals surface area contributed by atoms with E-state index in [-0.39, 0.29) is 92.8 Å². The molecular weight excluding hydrogens is 820 g/mol. The van der Waals surface area contributed by atoms with Crippen LogP contribution in [-0.4, -0.2) is 66.7 Å². The van der Waals surface area contributed by atoms with Gasteiger partial charge in [-0.05, 0) is 105 Å². The molecule has 13 nitrogen and oxygen atoms in total. The number of nitrogens with one attached hydrogen (secondary N) is 2. The lowest BCUT2D eigenvalue weighted by Gasteiger charge is -2.19. The predicted molar refractivity (Wildman–Crippen MR) is 231 cm³/mol. The SMILES string of the molecule is CC(C)(C)OC(=O)CC(=N)CC(=O)COCc1nc2ccccn2c1C#Cc1ccc(F)cc1.Cl.N=C(N)CC(=O)COCc1nc2ccccn2c1C#Cc1ccc(F)cc1. The summed E-state index contributed by atoms with van der Waals surface area (Å²) in [5.74, 6) is 10.1. The van der Waals surface area contributed by atoms with Crippen molar-refractivity contribution in [2.24, 2.45) is 5.73 Å². The molecule has 0 spiro atoms. The third-order valence-electron chi connectivity index (χ3n) is 8.12. The second kappa shape index (κ2) is 22.5. The van der Waals surface area contributed by atoms with E-state index >= 15 is 0 Å². The van der Waals surface area contributed by atoms with Crippen LogP contribution in [0.25, 0.3) is 11.3 Å². The van der Waals surface area contributed by atoms with Gasteiger partial charge in [0.25, 0.3) is 0 Å². The number of benzene rings is 2. The molecule has 4 aromatic heterocycles. The number of esters is 1. The number of rotatable bonds is 14. The Bertz CT molecular complexity index is 2680. The fraction of sp³-hybridized carbons (Fsp3) is 0.239. The molecule has 0 saturated carbocycles. The second-order valence-corrected chi connectivity index (χ2v) is 14.5. The average Bonchev–Trinajstić information content (AvgIpc) is 3.73. The van der Waals surface area contributed by atoms with Gasteiger partial charge in [0, 0.05) is 35.7 Å². The normalized spacial score (nSPS) is 10.6. The van der Waals surface area contributed by atoms with Gasteiger partial charge in [0.2, 0.25) is 0 Å². The lowest BCUT2D eigenvalue weighted by Crippen LogP contribution is -2.26. The third-order valence-corrected chi connectivity index (χ3v) is 8.12. The van der Waals surface area contributed by atoms with E-state index < -0.39 is 11.6 Å². The number of ketones is 2. The number of hydrogen-bond acceptors (Lipinski definition) is 10. The van der Waals surface area contributed by atoms with Crippen LogP contribution in [0.4, 0.5) is 8.78 Å². The number of carbonyl (C=O) groups is 3. The molecule has 62 heavy (non-hydrogen) atoms. The second-order valence-electron chi connectivity index (χ2n) is 14.5. The number of imidazole rings is 2. The van der Waals surface area contributed by atoms with Crippen LogP contribution in [0.3, 0.4) is 0 Å². The van der Waals surface area contributed by atoms with E-state index in [1.807, 2.05) is 57.6 Å². The molecule has 0 aliphatic heterocycles. The zero-order chi connectivity index (χ0) is 43.9. The molecule has 0 unspecified atom stereocenters. The molecule has 2 aromatic carbocycles. The summed E-state index contributed by atoms with van der Waals surface area (Å²) >= 11 is 0. The first-order valence-electron chi connectivity index (χ1n) is 18.9. The third kappa shape index (κ3) is 14.9. The van der Waals surface area contributed by atoms with Crippen molar-refractivity contribution >= 4 is 52.8 Å². The highest BCUT2D eigenvalue weighted by Crippen LogP contribution is 2.16. The Hall–Kier alpha value is -7.04. The lowest BCUT2D eigenvalue weighted by atomic mass is 10.1. The smallest absolute Gasteiger partial charge is 0.312 e. The van der Waals surface area contributed by atoms with Crippen LogP contribution in [0.5, 0.6) is 0 Å². The molecule has 16 heteroatoms. The molecule has 0 aliphatic rings. The van der Waals surface area contributed by atoms with Crippen LogP contribution in [-0.2, 0) is 41.8 Å². The van der Waals surface area contributed by atoms with E-state index in [4.69, 9.17) is 30.8 Å². The molecule has 320 valence electrons. The Kier molecular flexibility index (Phi) is 17.3. The first-order valence-corrected chi connectivity index (χ1v) is 18.9. The number of halogens is 3. The van der Waals surface area contributed by atoms with Crippen LogP contribution < -0.4 is 5.73 Å². The van der Waals surface area contributed by atoms with Gasteiger partial charge >= 0.3 is 5.97 Å². The number of hydrogen-bond donors (Lipinski definition) is 3. The van der Waals surface area contributed by atoms with E-state index in [2.05, 4.69) is 33.6 Å². The van der Waals surface area contributed by atoms with Crippen LogP contribution in [0.2, 0.25) is 0 Å². The van der Waals surface area contributed by atoms with Gasteiger partial charge in [0.15, 0.2) is 11.6 Å². The number of aromatic nitrogens is 4. The van der Waals surface area contributed by atoms with Crippen molar-refractivity contribution in [3.8, 4) is 23.7 Å². The maximum Gasteiger partial charge on any atom is 0.312 e. The van der Waals surface area contributed by atoms with Gasteiger partial charge in [-0.15, -0.1) is 12.4 Å². The number of nitrogens with two attached hydrogens (primary N) is 1. The van der Waals surface area contributed by atoms with Crippen molar-refractivity contribution in [1.82, 2.24) is 18.8 Å². The maximum atomic E-state index is 13.1. The standard InChI is InChI=1S/C26H26FN3O4.C20H17FN4O2.ClH/c1-26(2,3)34-25(32)15-20(28)14-21(31)16-33-17-22-23(30-13-5-4-6-24(30)29-22)12-9-18-7-10-19(27)11-8-18;21-15-7-4-14(5-8-15)6-9-18-17(13-27-12-16(26)11-19(22)23)24-20-3-1-2-10-25(18)20;/h4-8,10-11,13,28H,14-17H2,1-3H3;1-5,7-8,10H,11-13H2,(H3,22,23);1H. The highest BCUT2D eigenvalue weighted by atomic mass is 35.5. The maximum absolute atomic E-state index is 13.1. The number of pyridine rings is 2. The molecule has 6 rings (SSSR count). The minimum absolute atomic E-state index is 0. The monoisotopic (exact) mass is 863 g/mol. The van der Waals surface area contributed by atoms with Crippen molar-refractivity contribution in [3.63, 3.8) is 0 Å². The van der Waals surface area contributed by atoms with Gasteiger partial charge in [0.1, 0.15) is 64.5 Å². The van der Waals surface area contributed by atoms with E-state index in [1.165, 1.54) is 24.3 Å². The molecule has 4 N–H and O–H groups in total. The number of carbonyl (C=O) groups excluding carboxylic acids is 3. The van der Waals surface area contributed by atoms with Crippen LogP contribution in [0, 0.1) is 46.1 Å². The molecule has 0 aliphatic carbocycles. The van der Waals surface area contributed by atoms with Crippen LogP contribution in [0.1, 0.15) is 73.9 Å². The van der Waals surface area contributed by atoms with Crippen molar-refractivity contribution in [1.29, 1.82) is 10.8 Å². The molecule has 6 aromatic rings. The molecule has 0 fully saturated rings. The Morgan fingerprint density at radius 3 is 1.52 bits per heavy atom. The van der Waals surface area contributed by atoms with E-state index in [1.54, 1.807) is 45.0 Å². The van der Waals surface area contributed by atoms with Gasteiger partial charge in [-0.25, -0.2) is 18.7 Å². The summed E-state index contributed by atoms with van der Waals surface area (Å²) in [5, 5.41) is 15.0. The number of fused-ring (bicyclic) bond motifs is 2. The average molecular weight is 864 g/mol. The zero-order valence-corrected chi connectivity index (χ0v) is 35.0. The number of Topliss-reactive ketones (excluding diaryl/α,β-unsaturated/α-hetero) is 2. The highest BCUT2D eigenvalue weighted by Gasteiger charge is 2.19. The predicted octanol–water partition coefficient (Wildman–Crippen LogP) is 6.81. The fourth-order valence-corrected chi connectivity index (χ4v) is 5.57. The minimum atomic E-state index is -0.643. The van der Waals surface area contributed by atoms with Gasteiger partial charge in [-0.3, -0.25) is 28.6 Å². The number of ether oxygens (including phenoxy) is 3. The topological polar surface area (TPSA) is 187 Å². The molecule has 0 saturated heterocycles. The minimum Gasteiger partial charge on any atom is -0.460 e. The molecule has 0 amide bonds. The van der Waals surface area contributed by atoms with Crippen molar-refractivity contribution < 1.29 is 37.4 Å². The summed E-state index contributed by atoms with van der Waals surface area (Å²) in [4.78, 5) is 44.6. The van der Waals surface area contributed by atoms with Gasteiger partial charge in [-0.2, -0.15) is 0 Å². The Morgan fingerprint density at radius 1 is 0.661 bits per heavy atom. The summed E-state index contributed by atoms with van der Waals surface area (Å²) in [6, 6.07) is 22.9. The number of amidine groups is 1. The Labute approximate surface area is 363 Å². The zero-order valence-electron chi connectivity index (χ0n) is 34.2. The van der Waals surface area contributed by atoms with Crippen molar-refractivity contribution in [2.45, 2.75) is 58.8 Å². The molecule has 0 atom stereocenters. The largest absolute Gasteiger partial charge is 0.460 e. The first-order chi connectivity index (χ1) is 29.1. The molecule has 0 radical (unpaired) electrons. The van der Waals surface area contributed by atoms with Crippen LogP contribution >= 0.6 is 12.4 Å². The van der Waals surface area contributed by atoms with Gasteiger partial charge in [-0.1, -0.05) is 24.0 Å². The van der Waals surface area contributed by atoms with E-state index in [9.17, 15) is 23.2 Å². The fourth-order valence-electron chi connectivity index (χ4n) is 5.57. The van der Waals surface area contributed by atoms with E-state index in [0.29, 0.717) is 45.2 Å². The summed E-state index contributed by atoms with van der Waals surface area (Å²) < 4.78 is 46.0. The van der Waals surface area contributed by atoms with Crippen molar-refractivity contribution in [3.05, 3.63) is 143 Å². The van der Waals surface area contributed by atoms with Crippen LogP contribution in [0.15, 0.2) is 97.3 Å². The summed E-state index contributed by atoms with van der Waals surface area (Å²) in [6.07, 6.45) is 3.09. The summed E-state index contributed by atoms with van der Waals surface area (Å²) in [6.45, 7) is 4.98. The Morgan fingerprint density at radius 2 is 1.10 bits per heavy atom. The van der Waals surface area contributed by atoms with Crippen molar-refractivity contribution in [2.75, 3.05) is 13.2 Å². The molecule has 4 heterocycles. The lowest BCUT2D eigenvalue weighted by molar-refractivity contribution is -0.153. The quantitative estimate of drug-likeness (QED) is 0.0458. The van der Waals surface area contributed by atoms with Gasteiger partial charge < -0.3 is 25.4 Å². The molecular formula is C46H44ClF2N7O6. The summed E-state index contributed by atoms with van der Waals surface area (Å²) in [7, 11) is 0. The summed E-state index contributed by atoms with van der Waals surface area (Å²) in [5.41, 5.74) is 9.62. The number of nitrogens with zero attached hydrogens (tertiary/aromatic N) is 4. The van der Waals surface area contributed by atoms with E-state index in [0.717, 1.165) is 0 Å². The molecule has 0 bridgehead atoms. The highest BCUT2D eigenvalue weighted by molar-refractivity contribution is 6.07. The van der Waals surface area contributed by atoms with Gasteiger partial charge in [0.05, 0.1) is 31.9 Å². The Balaban J connectivity index is 0.000000275. The first kappa shape index (κ1) is 47.6.